The number of anilines is 1. The van der Waals surface area contributed by atoms with Crippen LogP contribution in [0.25, 0.3) is 0 Å². The number of benzene rings is 1. The number of aliphatic hydroxyl groups excluding tert-OH is 1. The smallest absolute Gasteiger partial charge is 0.324 e. The summed E-state index contributed by atoms with van der Waals surface area (Å²) in [6.07, 6.45) is 0. The van der Waals surface area contributed by atoms with Crippen LogP contribution in [0.3, 0.4) is 0 Å². The van der Waals surface area contributed by atoms with E-state index in [4.69, 9.17) is 9.84 Å². The molecule has 5 nitrogen and oxygen atoms in total. The molecule has 1 N–H and O–H groups in total. The van der Waals surface area contributed by atoms with Crippen molar-refractivity contribution in [2.45, 2.75) is 6.54 Å². The molecule has 2 rings (SSSR count). The molecule has 0 spiro atoms. The molecule has 0 atom stereocenters. The molecule has 0 radical (unpaired) electrons. The highest BCUT2D eigenvalue weighted by Crippen LogP contribution is 2.27. The van der Waals surface area contributed by atoms with E-state index in [1.165, 1.54) is 0 Å². The van der Waals surface area contributed by atoms with Crippen molar-refractivity contribution in [1.82, 2.24) is 4.90 Å². The number of urea groups is 1. The van der Waals surface area contributed by atoms with Gasteiger partial charge in [0.05, 0.1) is 32.1 Å². The molecule has 0 aliphatic carbocycles. The van der Waals surface area contributed by atoms with Crippen LogP contribution in [0.15, 0.2) is 24.3 Å². The number of carbonyl (C=O) groups is 1. The normalized spacial score (nSPS) is 14.9. The monoisotopic (exact) mass is 250 g/mol. The summed E-state index contributed by atoms with van der Waals surface area (Å²) in [6, 6.07) is 7.87. The summed E-state index contributed by atoms with van der Waals surface area (Å²) < 4.78 is 5.22. The van der Waals surface area contributed by atoms with Crippen LogP contribution in [-0.4, -0.2) is 49.5 Å². The van der Waals surface area contributed by atoms with Crippen LogP contribution in [0.5, 0.6) is 0 Å². The maximum Gasteiger partial charge on any atom is 0.324 e. The minimum absolute atomic E-state index is 0.00440. The first-order valence-electron chi connectivity index (χ1n) is 6.03. The fourth-order valence-corrected chi connectivity index (χ4v) is 2.08. The molecule has 1 aliphatic heterocycles. The van der Waals surface area contributed by atoms with Crippen LogP contribution in [0.4, 0.5) is 10.5 Å². The number of aliphatic hydroxyl groups is 1. The number of para-hydroxylation sites is 1. The maximum absolute atomic E-state index is 12.1. The summed E-state index contributed by atoms with van der Waals surface area (Å²) in [5.41, 5.74) is 2.09. The first-order chi connectivity index (χ1) is 8.74. The topological polar surface area (TPSA) is 53.0 Å². The fraction of sp³-hybridized carbons (Fsp3) is 0.462. The fourth-order valence-electron chi connectivity index (χ4n) is 2.08. The van der Waals surface area contributed by atoms with Crippen molar-refractivity contribution in [3.8, 4) is 0 Å². The van der Waals surface area contributed by atoms with Crippen molar-refractivity contribution < 1.29 is 14.6 Å². The second-order valence-electron chi connectivity index (χ2n) is 4.25. The SMILES string of the molecule is CN1Cc2ccccc2N(CCOCCO)C1=O. The van der Waals surface area contributed by atoms with Gasteiger partial charge < -0.3 is 14.7 Å². The van der Waals surface area contributed by atoms with E-state index in [1.807, 2.05) is 24.3 Å². The molecule has 5 heteroatoms. The first kappa shape index (κ1) is 12.9. The Bertz CT molecular complexity index is 422. The van der Waals surface area contributed by atoms with Crippen molar-refractivity contribution in [1.29, 1.82) is 0 Å². The van der Waals surface area contributed by atoms with E-state index < -0.39 is 0 Å². The number of hydrogen-bond donors (Lipinski definition) is 1. The van der Waals surface area contributed by atoms with E-state index in [1.54, 1.807) is 16.8 Å². The largest absolute Gasteiger partial charge is 0.394 e. The molecule has 1 aliphatic rings. The lowest BCUT2D eigenvalue weighted by molar-refractivity contribution is 0.0963. The molecule has 1 aromatic rings. The van der Waals surface area contributed by atoms with Gasteiger partial charge in [-0.05, 0) is 11.6 Å². The lowest BCUT2D eigenvalue weighted by Gasteiger charge is -2.35. The highest BCUT2D eigenvalue weighted by molar-refractivity contribution is 5.94. The third-order valence-electron chi connectivity index (χ3n) is 2.94. The predicted molar refractivity (Wildman–Crippen MR) is 68.6 cm³/mol. The van der Waals surface area contributed by atoms with E-state index in [2.05, 4.69) is 0 Å². The molecule has 0 aromatic heterocycles. The minimum Gasteiger partial charge on any atom is -0.394 e. The number of fused-ring (bicyclic) bond motifs is 1. The second kappa shape index (κ2) is 5.84. The summed E-state index contributed by atoms with van der Waals surface area (Å²) in [4.78, 5) is 15.5. The van der Waals surface area contributed by atoms with E-state index in [0.717, 1.165) is 11.3 Å². The zero-order valence-corrected chi connectivity index (χ0v) is 10.5. The van der Waals surface area contributed by atoms with Crippen molar-refractivity contribution in [3.63, 3.8) is 0 Å². The zero-order chi connectivity index (χ0) is 13.0. The Balaban J connectivity index is 2.09. The van der Waals surface area contributed by atoms with E-state index in [9.17, 15) is 4.79 Å². The highest BCUT2D eigenvalue weighted by atomic mass is 16.5. The van der Waals surface area contributed by atoms with Crippen molar-refractivity contribution in [2.75, 3.05) is 38.3 Å². The summed E-state index contributed by atoms with van der Waals surface area (Å²) in [7, 11) is 1.79. The van der Waals surface area contributed by atoms with Crippen molar-refractivity contribution in [3.05, 3.63) is 29.8 Å². The Kier molecular flexibility index (Phi) is 4.17. The van der Waals surface area contributed by atoms with Crippen LogP contribution in [0.1, 0.15) is 5.56 Å². The summed E-state index contributed by atoms with van der Waals surface area (Å²) in [6.45, 7) is 1.88. The average molecular weight is 250 g/mol. The van der Waals surface area contributed by atoms with Gasteiger partial charge in [-0.15, -0.1) is 0 Å². The number of ether oxygens (including phenoxy) is 1. The van der Waals surface area contributed by atoms with E-state index in [-0.39, 0.29) is 12.6 Å². The third-order valence-corrected chi connectivity index (χ3v) is 2.94. The number of amides is 2. The Labute approximate surface area is 107 Å². The van der Waals surface area contributed by atoms with Gasteiger partial charge in [0.25, 0.3) is 0 Å². The average Bonchev–Trinajstić information content (AvgIpc) is 2.38. The standard InChI is InChI=1S/C13H18N2O3/c1-14-10-11-4-2-3-5-12(11)15(13(14)17)6-8-18-9-7-16/h2-5,16H,6-10H2,1H3. The predicted octanol–water partition coefficient (Wildman–Crippen LogP) is 1.07. The van der Waals surface area contributed by atoms with Gasteiger partial charge in [-0.25, -0.2) is 4.79 Å². The quantitative estimate of drug-likeness (QED) is 0.795. The van der Waals surface area contributed by atoms with E-state index in [0.29, 0.717) is 26.3 Å². The molecule has 18 heavy (non-hydrogen) atoms. The highest BCUT2D eigenvalue weighted by Gasteiger charge is 2.27. The van der Waals surface area contributed by atoms with Crippen LogP contribution in [-0.2, 0) is 11.3 Å². The van der Waals surface area contributed by atoms with Crippen LogP contribution < -0.4 is 4.90 Å². The summed E-state index contributed by atoms with van der Waals surface area (Å²) in [5.74, 6) is 0. The van der Waals surface area contributed by atoms with Gasteiger partial charge >= 0.3 is 6.03 Å². The van der Waals surface area contributed by atoms with Gasteiger partial charge in [0.2, 0.25) is 0 Å². The maximum atomic E-state index is 12.1. The van der Waals surface area contributed by atoms with Gasteiger partial charge in [-0.3, -0.25) is 4.90 Å². The minimum atomic E-state index is -0.0127. The molecule has 1 aromatic carbocycles. The summed E-state index contributed by atoms with van der Waals surface area (Å²) >= 11 is 0. The van der Waals surface area contributed by atoms with Gasteiger partial charge in [0.15, 0.2) is 0 Å². The number of hydrogen-bond acceptors (Lipinski definition) is 3. The first-order valence-corrected chi connectivity index (χ1v) is 6.03. The number of nitrogens with zero attached hydrogens (tertiary/aromatic N) is 2. The van der Waals surface area contributed by atoms with Crippen LogP contribution in [0.2, 0.25) is 0 Å². The lowest BCUT2D eigenvalue weighted by Crippen LogP contribution is -2.46. The van der Waals surface area contributed by atoms with Gasteiger partial charge in [0, 0.05) is 13.6 Å². The van der Waals surface area contributed by atoms with Gasteiger partial charge in [0.1, 0.15) is 0 Å². The zero-order valence-electron chi connectivity index (χ0n) is 10.5. The van der Waals surface area contributed by atoms with E-state index >= 15 is 0 Å². The summed E-state index contributed by atoms with van der Waals surface area (Å²) in [5, 5.41) is 8.64. The third kappa shape index (κ3) is 2.63. The van der Waals surface area contributed by atoms with Gasteiger partial charge in [-0.2, -0.15) is 0 Å². The van der Waals surface area contributed by atoms with Crippen LogP contribution in [0, 0.1) is 0 Å². The Morgan fingerprint density at radius 3 is 2.89 bits per heavy atom. The molecule has 0 saturated carbocycles. The van der Waals surface area contributed by atoms with Crippen LogP contribution >= 0.6 is 0 Å². The molecule has 0 bridgehead atoms. The molecule has 1 heterocycles. The van der Waals surface area contributed by atoms with Crippen molar-refractivity contribution in [2.24, 2.45) is 0 Å². The molecule has 0 saturated heterocycles. The molecule has 2 amide bonds. The number of carbonyl (C=O) groups excluding carboxylic acids is 1. The Morgan fingerprint density at radius 2 is 2.11 bits per heavy atom. The van der Waals surface area contributed by atoms with Crippen molar-refractivity contribution >= 4 is 11.7 Å². The lowest BCUT2D eigenvalue weighted by atomic mass is 10.1. The Morgan fingerprint density at radius 1 is 1.33 bits per heavy atom. The molecular formula is C13H18N2O3. The van der Waals surface area contributed by atoms with Gasteiger partial charge in [-0.1, -0.05) is 18.2 Å². The number of rotatable bonds is 5. The molecule has 0 fully saturated rings. The molecular weight excluding hydrogens is 232 g/mol. The second-order valence-corrected chi connectivity index (χ2v) is 4.25. The molecule has 0 unspecified atom stereocenters. The molecule has 98 valence electrons. The Hall–Kier alpha value is -1.59.